The SMILES string of the molecule is CNC[C@@](C=O)(CCCc1ccc(F)cc1)NC(=O)C1CN(C(=O)Cc2c[nH]c3cc(Cl)ccc23)CC2CN(C(=O)c3ccc(OC(C)C)c(OC)c3)CC21. The van der Waals surface area contributed by atoms with E-state index in [1.54, 1.807) is 59.4 Å². The first-order chi connectivity index (χ1) is 26.4. The predicted octanol–water partition coefficient (Wildman–Crippen LogP) is 5.44. The van der Waals surface area contributed by atoms with Crippen molar-refractivity contribution in [2.75, 3.05) is 46.9 Å². The summed E-state index contributed by atoms with van der Waals surface area (Å²) in [6.07, 6.45) is 4.12. The number of aromatic nitrogens is 1. The van der Waals surface area contributed by atoms with Crippen molar-refractivity contribution >= 4 is 46.5 Å². The number of ether oxygens (including phenoxy) is 2. The van der Waals surface area contributed by atoms with Crippen molar-refractivity contribution in [2.45, 2.75) is 51.2 Å². The van der Waals surface area contributed by atoms with Crippen LogP contribution in [0.3, 0.4) is 0 Å². The zero-order valence-corrected chi connectivity index (χ0v) is 32.5. The maximum atomic E-state index is 14.5. The Morgan fingerprint density at radius 3 is 2.49 bits per heavy atom. The Kier molecular flexibility index (Phi) is 12.5. The third-order valence-corrected chi connectivity index (χ3v) is 11.0. The molecule has 0 spiro atoms. The number of amides is 3. The molecule has 3 amide bonds. The van der Waals surface area contributed by atoms with Crippen LogP contribution in [0, 0.1) is 23.6 Å². The number of rotatable bonds is 15. The number of carbonyl (C=O) groups excluding carboxylic acids is 4. The third-order valence-electron chi connectivity index (χ3n) is 10.8. The minimum Gasteiger partial charge on any atom is -0.493 e. The van der Waals surface area contributed by atoms with Gasteiger partial charge in [-0.25, -0.2) is 4.39 Å². The summed E-state index contributed by atoms with van der Waals surface area (Å²) >= 11 is 6.19. The lowest BCUT2D eigenvalue weighted by atomic mass is 9.78. The number of aldehydes is 1. The fraction of sp³-hybridized carbons (Fsp3) is 0.429. The number of carbonyl (C=O) groups is 4. The van der Waals surface area contributed by atoms with Gasteiger partial charge in [-0.3, -0.25) is 14.4 Å². The van der Waals surface area contributed by atoms with Crippen LogP contribution in [0.4, 0.5) is 4.39 Å². The molecule has 11 nitrogen and oxygen atoms in total. The number of hydrogen-bond acceptors (Lipinski definition) is 7. The van der Waals surface area contributed by atoms with Gasteiger partial charge in [-0.2, -0.15) is 0 Å². The molecule has 2 aliphatic rings. The number of aromatic amines is 1. The number of halogens is 2. The lowest BCUT2D eigenvalue weighted by molar-refractivity contribution is -0.140. The number of methoxy groups -OCH3 is 1. The van der Waals surface area contributed by atoms with E-state index in [1.165, 1.54) is 19.2 Å². The van der Waals surface area contributed by atoms with Crippen LogP contribution in [-0.4, -0.2) is 97.3 Å². The van der Waals surface area contributed by atoms with E-state index in [1.807, 2.05) is 26.0 Å². The summed E-state index contributed by atoms with van der Waals surface area (Å²) in [5.74, 6) is -1.17. The summed E-state index contributed by atoms with van der Waals surface area (Å²) in [6, 6.07) is 16.8. The van der Waals surface area contributed by atoms with Crippen LogP contribution in [0.25, 0.3) is 10.9 Å². The number of likely N-dealkylation sites (tertiary alicyclic amines) is 2. The Morgan fingerprint density at radius 2 is 1.78 bits per heavy atom. The van der Waals surface area contributed by atoms with E-state index >= 15 is 0 Å². The second kappa shape index (κ2) is 17.2. The summed E-state index contributed by atoms with van der Waals surface area (Å²) < 4.78 is 24.9. The number of aryl methyl sites for hydroxylation is 1. The van der Waals surface area contributed by atoms with E-state index in [0.717, 1.165) is 28.3 Å². The van der Waals surface area contributed by atoms with Crippen LogP contribution < -0.4 is 20.1 Å². The Morgan fingerprint density at radius 1 is 1.02 bits per heavy atom. The van der Waals surface area contributed by atoms with Gasteiger partial charge in [0.1, 0.15) is 17.6 Å². The van der Waals surface area contributed by atoms with Gasteiger partial charge in [-0.15, -0.1) is 0 Å². The number of piperidine rings is 1. The van der Waals surface area contributed by atoms with E-state index in [4.69, 9.17) is 21.1 Å². The van der Waals surface area contributed by atoms with Crippen LogP contribution in [0.1, 0.15) is 48.2 Å². The van der Waals surface area contributed by atoms with Crippen molar-refractivity contribution < 1.29 is 33.0 Å². The molecule has 0 bridgehead atoms. The molecule has 4 atom stereocenters. The first-order valence-electron chi connectivity index (χ1n) is 18.8. The number of benzene rings is 3. The molecule has 2 fully saturated rings. The molecule has 2 aliphatic heterocycles. The van der Waals surface area contributed by atoms with Crippen LogP contribution >= 0.6 is 11.6 Å². The summed E-state index contributed by atoms with van der Waals surface area (Å²) in [7, 11) is 3.24. The monoisotopic (exact) mass is 773 g/mol. The normalized spacial score (nSPS) is 19.2. The molecule has 55 heavy (non-hydrogen) atoms. The van der Waals surface area contributed by atoms with Gasteiger partial charge >= 0.3 is 0 Å². The quantitative estimate of drug-likeness (QED) is 0.137. The molecule has 0 aliphatic carbocycles. The molecule has 0 radical (unpaired) electrons. The molecular formula is C42H49ClFN5O6. The molecule has 2 saturated heterocycles. The van der Waals surface area contributed by atoms with Crippen LogP contribution in [0.15, 0.2) is 66.9 Å². The lowest BCUT2D eigenvalue weighted by Gasteiger charge is -2.41. The third kappa shape index (κ3) is 9.13. The van der Waals surface area contributed by atoms with Crippen LogP contribution in [0.2, 0.25) is 5.02 Å². The number of hydrogen-bond donors (Lipinski definition) is 3. The van der Waals surface area contributed by atoms with Crippen molar-refractivity contribution in [3.8, 4) is 11.5 Å². The summed E-state index contributed by atoms with van der Waals surface area (Å²) in [5, 5.41) is 7.62. The van der Waals surface area contributed by atoms with E-state index in [9.17, 15) is 23.6 Å². The van der Waals surface area contributed by atoms with E-state index in [2.05, 4.69) is 15.6 Å². The standard InChI is InChI=1S/C42H49ClFN5O6/c1-26(2)55-37-14-9-28(16-38(37)54-4)41(53)49-21-30-20-48(39(51)17-29-19-46-36-18-31(43)10-13-33(29)36)23-35(34(30)22-49)40(52)47-42(25-50,24-45-3)15-5-6-27-7-11-32(44)12-8-27/h7-14,16,18-19,25-26,30,34-35,45-46H,5-6,15,17,20-24H2,1-4H3,(H,47,52)/t30?,34?,35?,42-/m1/s1. The Balaban J connectivity index is 1.24. The molecular weight excluding hydrogens is 725 g/mol. The fourth-order valence-electron chi connectivity index (χ4n) is 8.07. The Hall–Kier alpha value is -4.94. The summed E-state index contributed by atoms with van der Waals surface area (Å²) in [4.78, 5) is 62.0. The first-order valence-corrected chi connectivity index (χ1v) is 19.1. The Labute approximate surface area is 325 Å². The molecule has 4 aromatic rings. The van der Waals surface area contributed by atoms with Crippen molar-refractivity contribution in [2.24, 2.45) is 17.8 Å². The molecule has 3 unspecified atom stereocenters. The zero-order valence-electron chi connectivity index (χ0n) is 31.7. The molecule has 3 heterocycles. The first kappa shape index (κ1) is 39.7. The fourth-order valence-corrected chi connectivity index (χ4v) is 8.25. The molecule has 1 aromatic heterocycles. The van der Waals surface area contributed by atoms with E-state index < -0.39 is 11.5 Å². The number of likely N-dealkylation sites (N-methyl/N-ethyl adjacent to an activating group) is 1. The highest BCUT2D eigenvalue weighted by molar-refractivity contribution is 6.31. The van der Waals surface area contributed by atoms with Crippen molar-refractivity contribution in [3.05, 3.63) is 94.4 Å². The molecule has 6 rings (SSSR count). The van der Waals surface area contributed by atoms with Crippen molar-refractivity contribution in [1.82, 2.24) is 25.4 Å². The average molecular weight is 774 g/mol. The number of nitrogens with one attached hydrogen (secondary N) is 3. The van der Waals surface area contributed by atoms with Crippen LogP contribution in [-0.2, 0) is 27.2 Å². The van der Waals surface area contributed by atoms with Crippen LogP contribution in [0.5, 0.6) is 11.5 Å². The maximum Gasteiger partial charge on any atom is 0.254 e. The largest absolute Gasteiger partial charge is 0.493 e. The van der Waals surface area contributed by atoms with Gasteiger partial charge in [0.2, 0.25) is 11.8 Å². The van der Waals surface area contributed by atoms with E-state index in [-0.39, 0.29) is 61.0 Å². The number of nitrogens with zero attached hydrogens (tertiary/aromatic N) is 2. The molecule has 13 heteroatoms. The summed E-state index contributed by atoms with van der Waals surface area (Å²) in [5.41, 5.74) is 1.77. The zero-order chi connectivity index (χ0) is 39.3. The van der Waals surface area contributed by atoms with Crippen molar-refractivity contribution in [3.63, 3.8) is 0 Å². The molecule has 3 N–H and O–H groups in total. The molecule has 292 valence electrons. The van der Waals surface area contributed by atoms with Gasteiger partial charge in [0.15, 0.2) is 11.5 Å². The molecule has 3 aromatic carbocycles. The second-order valence-corrected chi connectivity index (χ2v) is 15.5. The smallest absolute Gasteiger partial charge is 0.254 e. The minimum absolute atomic E-state index is 0.0822. The minimum atomic E-state index is -1.22. The number of fused-ring (bicyclic) bond motifs is 2. The summed E-state index contributed by atoms with van der Waals surface area (Å²) in [6.45, 7) is 5.19. The highest BCUT2D eigenvalue weighted by Crippen LogP contribution is 2.38. The van der Waals surface area contributed by atoms with Gasteiger partial charge in [0.25, 0.3) is 5.91 Å². The van der Waals surface area contributed by atoms with Gasteiger partial charge in [-0.05, 0) is 106 Å². The van der Waals surface area contributed by atoms with Gasteiger partial charge in [0.05, 0.1) is 25.6 Å². The van der Waals surface area contributed by atoms with E-state index in [0.29, 0.717) is 61.0 Å². The maximum absolute atomic E-state index is 14.5. The highest BCUT2D eigenvalue weighted by atomic mass is 35.5. The average Bonchev–Trinajstić information content (AvgIpc) is 3.78. The number of H-pyrrole nitrogens is 1. The van der Waals surface area contributed by atoms with Gasteiger partial charge in [-0.1, -0.05) is 29.8 Å². The Bertz CT molecular complexity index is 2020. The van der Waals surface area contributed by atoms with Crippen molar-refractivity contribution in [1.29, 1.82) is 0 Å². The second-order valence-electron chi connectivity index (χ2n) is 15.0. The van der Waals surface area contributed by atoms with Gasteiger partial charge in [0, 0.05) is 60.4 Å². The molecule has 0 saturated carbocycles. The highest BCUT2D eigenvalue weighted by Gasteiger charge is 2.49. The predicted molar refractivity (Wildman–Crippen MR) is 209 cm³/mol. The van der Waals surface area contributed by atoms with Gasteiger partial charge < -0.3 is 39.7 Å². The topological polar surface area (TPSA) is 133 Å². The lowest BCUT2D eigenvalue weighted by Crippen LogP contribution is -2.60.